The molecule has 0 saturated carbocycles. The highest BCUT2D eigenvalue weighted by Gasteiger charge is 2.16. The largest absolute Gasteiger partial charge is 0.325 e. The van der Waals surface area contributed by atoms with Gasteiger partial charge in [-0.1, -0.05) is 35.9 Å². The minimum absolute atomic E-state index is 0.0651. The molecule has 1 aromatic heterocycles. The SMILES string of the molecule is CCN(c1ccccc1)c1ccc(NS(=O)(=O)c2cccc(Cl)c2)nn1. The van der Waals surface area contributed by atoms with Gasteiger partial charge in [-0.25, -0.2) is 8.42 Å². The van der Waals surface area contributed by atoms with Gasteiger partial charge in [0.2, 0.25) is 0 Å². The van der Waals surface area contributed by atoms with E-state index in [1.165, 1.54) is 12.1 Å². The number of sulfonamides is 1. The van der Waals surface area contributed by atoms with Crippen molar-refractivity contribution >= 4 is 38.9 Å². The van der Waals surface area contributed by atoms with Crippen LogP contribution in [-0.4, -0.2) is 25.2 Å². The number of benzene rings is 2. The standard InChI is InChI=1S/C18H17ClN4O2S/c1-2-23(15-8-4-3-5-9-15)18-12-11-17(20-21-18)22-26(24,25)16-10-6-7-14(19)13-16/h3-13H,2H2,1H3,(H,20,22). The number of hydrogen-bond acceptors (Lipinski definition) is 5. The van der Waals surface area contributed by atoms with Gasteiger partial charge < -0.3 is 4.90 Å². The van der Waals surface area contributed by atoms with Crippen molar-refractivity contribution < 1.29 is 8.42 Å². The van der Waals surface area contributed by atoms with Crippen LogP contribution in [0.25, 0.3) is 0 Å². The van der Waals surface area contributed by atoms with E-state index in [-0.39, 0.29) is 10.7 Å². The van der Waals surface area contributed by atoms with E-state index in [1.54, 1.807) is 24.3 Å². The zero-order chi connectivity index (χ0) is 18.6. The highest BCUT2D eigenvalue weighted by atomic mass is 35.5. The number of hydrogen-bond donors (Lipinski definition) is 1. The van der Waals surface area contributed by atoms with E-state index in [0.29, 0.717) is 17.4 Å². The third-order valence-electron chi connectivity index (χ3n) is 3.66. The Morgan fingerprint density at radius 2 is 1.77 bits per heavy atom. The fourth-order valence-corrected chi connectivity index (χ4v) is 3.74. The predicted molar refractivity (Wildman–Crippen MR) is 103 cm³/mol. The van der Waals surface area contributed by atoms with Crippen LogP contribution in [0.5, 0.6) is 0 Å². The van der Waals surface area contributed by atoms with E-state index in [4.69, 9.17) is 11.6 Å². The van der Waals surface area contributed by atoms with Crippen LogP contribution in [-0.2, 0) is 10.0 Å². The molecule has 134 valence electrons. The molecule has 3 rings (SSSR count). The van der Waals surface area contributed by atoms with Crippen molar-refractivity contribution in [1.29, 1.82) is 0 Å². The smallest absolute Gasteiger partial charge is 0.263 e. The molecule has 26 heavy (non-hydrogen) atoms. The molecule has 0 saturated heterocycles. The molecule has 0 amide bonds. The van der Waals surface area contributed by atoms with Crippen LogP contribution in [0.3, 0.4) is 0 Å². The first-order valence-corrected chi connectivity index (χ1v) is 9.80. The Balaban J connectivity index is 1.81. The average Bonchev–Trinajstić information content (AvgIpc) is 2.64. The van der Waals surface area contributed by atoms with E-state index >= 15 is 0 Å². The molecule has 0 atom stereocenters. The Bertz CT molecular complexity index is 980. The molecule has 0 fully saturated rings. The Morgan fingerprint density at radius 1 is 1.00 bits per heavy atom. The Hall–Kier alpha value is -2.64. The number of nitrogens with one attached hydrogen (secondary N) is 1. The topological polar surface area (TPSA) is 75.2 Å². The van der Waals surface area contributed by atoms with Crippen molar-refractivity contribution in [2.75, 3.05) is 16.2 Å². The van der Waals surface area contributed by atoms with Crippen molar-refractivity contribution in [2.24, 2.45) is 0 Å². The highest BCUT2D eigenvalue weighted by Crippen LogP contribution is 2.23. The van der Waals surface area contributed by atoms with E-state index in [1.807, 2.05) is 42.2 Å². The first-order chi connectivity index (χ1) is 12.5. The monoisotopic (exact) mass is 388 g/mol. The van der Waals surface area contributed by atoms with Gasteiger partial charge in [0, 0.05) is 17.3 Å². The minimum Gasteiger partial charge on any atom is -0.325 e. The third kappa shape index (κ3) is 4.12. The first-order valence-electron chi connectivity index (χ1n) is 7.94. The summed E-state index contributed by atoms with van der Waals surface area (Å²) in [4.78, 5) is 2.04. The van der Waals surface area contributed by atoms with E-state index < -0.39 is 10.0 Å². The molecule has 2 aromatic carbocycles. The van der Waals surface area contributed by atoms with E-state index in [0.717, 1.165) is 5.69 Å². The average molecular weight is 389 g/mol. The molecular weight excluding hydrogens is 372 g/mol. The van der Waals surface area contributed by atoms with Crippen molar-refractivity contribution in [3.63, 3.8) is 0 Å². The second-order valence-corrected chi connectivity index (χ2v) is 7.54. The summed E-state index contributed by atoms with van der Waals surface area (Å²) in [6.07, 6.45) is 0. The molecule has 0 bridgehead atoms. The maximum absolute atomic E-state index is 12.4. The fraction of sp³-hybridized carbons (Fsp3) is 0.111. The first kappa shape index (κ1) is 18.2. The molecule has 0 spiro atoms. The van der Waals surface area contributed by atoms with Crippen molar-refractivity contribution in [3.05, 3.63) is 71.8 Å². The summed E-state index contributed by atoms with van der Waals surface area (Å²) >= 11 is 5.86. The van der Waals surface area contributed by atoms with Crippen LogP contribution in [0.15, 0.2) is 71.6 Å². The molecular formula is C18H17ClN4O2S. The van der Waals surface area contributed by atoms with Crippen LogP contribution in [0, 0.1) is 0 Å². The number of anilines is 3. The van der Waals surface area contributed by atoms with E-state index in [2.05, 4.69) is 14.9 Å². The van der Waals surface area contributed by atoms with Gasteiger partial charge >= 0.3 is 0 Å². The quantitative estimate of drug-likeness (QED) is 0.688. The molecule has 0 aliphatic rings. The zero-order valence-electron chi connectivity index (χ0n) is 14.0. The third-order valence-corrected chi connectivity index (χ3v) is 5.24. The summed E-state index contributed by atoms with van der Waals surface area (Å²) in [5, 5.41) is 8.48. The molecule has 8 heteroatoms. The van der Waals surface area contributed by atoms with Gasteiger partial charge in [-0.05, 0) is 49.4 Å². The minimum atomic E-state index is -3.78. The fourth-order valence-electron chi connectivity index (χ4n) is 2.44. The van der Waals surface area contributed by atoms with Gasteiger partial charge in [0.1, 0.15) is 0 Å². The Labute approximate surface area is 157 Å². The van der Waals surface area contributed by atoms with Crippen LogP contribution in [0.1, 0.15) is 6.92 Å². The lowest BCUT2D eigenvalue weighted by atomic mass is 10.3. The van der Waals surface area contributed by atoms with Crippen molar-refractivity contribution in [1.82, 2.24) is 10.2 Å². The lowest BCUT2D eigenvalue weighted by Gasteiger charge is -2.21. The van der Waals surface area contributed by atoms with Crippen LogP contribution < -0.4 is 9.62 Å². The molecule has 0 unspecified atom stereocenters. The van der Waals surface area contributed by atoms with Gasteiger partial charge in [-0.2, -0.15) is 0 Å². The van der Waals surface area contributed by atoms with Gasteiger partial charge in [-0.15, -0.1) is 10.2 Å². The maximum atomic E-state index is 12.4. The van der Waals surface area contributed by atoms with Crippen molar-refractivity contribution in [3.8, 4) is 0 Å². The summed E-state index contributed by atoms with van der Waals surface area (Å²) < 4.78 is 27.2. The lowest BCUT2D eigenvalue weighted by molar-refractivity contribution is 0.601. The maximum Gasteiger partial charge on any atom is 0.263 e. The Morgan fingerprint density at radius 3 is 2.38 bits per heavy atom. The van der Waals surface area contributed by atoms with Crippen LogP contribution in [0.4, 0.5) is 17.3 Å². The van der Waals surface area contributed by atoms with Gasteiger partial charge in [0.15, 0.2) is 11.6 Å². The zero-order valence-corrected chi connectivity index (χ0v) is 15.6. The molecule has 0 aliphatic carbocycles. The second kappa shape index (κ2) is 7.72. The van der Waals surface area contributed by atoms with Gasteiger partial charge in [0.25, 0.3) is 10.0 Å². The summed E-state index contributed by atoms with van der Waals surface area (Å²) in [6, 6.07) is 19.1. The summed E-state index contributed by atoms with van der Waals surface area (Å²) in [5.74, 6) is 0.766. The number of nitrogens with zero attached hydrogens (tertiary/aromatic N) is 3. The normalized spacial score (nSPS) is 11.2. The molecule has 1 N–H and O–H groups in total. The number of rotatable bonds is 6. The van der Waals surface area contributed by atoms with Crippen LogP contribution >= 0.6 is 11.6 Å². The lowest BCUT2D eigenvalue weighted by Crippen LogP contribution is -2.19. The Kier molecular flexibility index (Phi) is 5.39. The summed E-state index contributed by atoms with van der Waals surface area (Å²) in [5.41, 5.74) is 0.983. The molecule has 0 aliphatic heterocycles. The van der Waals surface area contributed by atoms with E-state index in [9.17, 15) is 8.42 Å². The number of para-hydroxylation sites is 1. The van der Waals surface area contributed by atoms with Crippen LogP contribution in [0.2, 0.25) is 5.02 Å². The summed E-state index contributed by atoms with van der Waals surface area (Å²) in [7, 11) is -3.78. The molecule has 3 aromatic rings. The van der Waals surface area contributed by atoms with Gasteiger partial charge in [-0.3, -0.25) is 4.72 Å². The van der Waals surface area contributed by atoms with Gasteiger partial charge in [0.05, 0.1) is 4.90 Å². The molecule has 6 nitrogen and oxygen atoms in total. The highest BCUT2D eigenvalue weighted by molar-refractivity contribution is 7.92. The molecule has 0 radical (unpaired) electrons. The molecule has 1 heterocycles. The number of halogens is 1. The van der Waals surface area contributed by atoms with Crippen molar-refractivity contribution in [2.45, 2.75) is 11.8 Å². The number of aromatic nitrogens is 2. The second-order valence-electron chi connectivity index (χ2n) is 5.42. The summed E-state index contributed by atoms with van der Waals surface area (Å²) in [6.45, 7) is 2.71. The predicted octanol–water partition coefficient (Wildman–Crippen LogP) is 4.09.